The molecule has 2 heteroatoms. The smallest absolute Gasteiger partial charge is 0.119 e. The van der Waals surface area contributed by atoms with Crippen LogP contribution in [0.25, 0.3) is 0 Å². The van der Waals surface area contributed by atoms with Crippen LogP contribution in [0, 0.1) is 0 Å². The number of nitrogens with two attached hydrogens (primary N) is 1. The predicted molar refractivity (Wildman–Crippen MR) is 112 cm³/mol. The van der Waals surface area contributed by atoms with Crippen molar-refractivity contribution in [3.05, 3.63) is 65.7 Å². The maximum Gasteiger partial charge on any atom is 0.119 e. The summed E-state index contributed by atoms with van der Waals surface area (Å²) in [5.41, 5.74) is 8.96. The van der Waals surface area contributed by atoms with E-state index in [0.29, 0.717) is 0 Å². The Morgan fingerprint density at radius 3 is 2.23 bits per heavy atom. The molecule has 142 valence electrons. The van der Waals surface area contributed by atoms with E-state index in [-0.39, 0.29) is 5.54 Å². The van der Waals surface area contributed by atoms with Crippen molar-refractivity contribution in [2.45, 2.75) is 70.8 Å². The number of hydrogen-bond acceptors (Lipinski definition) is 2. The topological polar surface area (TPSA) is 35.2 Å². The first kappa shape index (κ1) is 20.5. The van der Waals surface area contributed by atoms with Crippen LogP contribution in [0.2, 0.25) is 0 Å². The van der Waals surface area contributed by atoms with Crippen LogP contribution in [-0.2, 0) is 12.8 Å². The number of unbranched alkanes of at least 4 members (excludes halogenated alkanes) is 4. The van der Waals surface area contributed by atoms with E-state index in [2.05, 4.69) is 62.4 Å². The summed E-state index contributed by atoms with van der Waals surface area (Å²) in [7, 11) is 0. The molecule has 0 fully saturated rings. The third-order valence-electron chi connectivity index (χ3n) is 4.88. The Bertz CT molecular complexity index is 604. The lowest BCUT2D eigenvalue weighted by molar-refractivity contribution is 0.304. The number of ether oxygens (including phenoxy) is 1. The summed E-state index contributed by atoms with van der Waals surface area (Å²) in [6.07, 6.45) is 9.23. The molecule has 0 radical (unpaired) electrons. The van der Waals surface area contributed by atoms with Crippen molar-refractivity contribution in [3.63, 3.8) is 0 Å². The fourth-order valence-corrected chi connectivity index (χ4v) is 3.23. The average molecular weight is 354 g/mol. The molecule has 2 aromatic rings. The lowest BCUT2D eigenvalue weighted by Gasteiger charge is -2.25. The molecule has 0 bridgehead atoms. The molecule has 0 unspecified atom stereocenters. The van der Waals surface area contributed by atoms with E-state index in [9.17, 15) is 0 Å². The maximum atomic E-state index is 6.52. The van der Waals surface area contributed by atoms with Gasteiger partial charge in [0.2, 0.25) is 0 Å². The molecule has 26 heavy (non-hydrogen) atoms. The zero-order valence-electron chi connectivity index (χ0n) is 16.5. The Labute approximate surface area is 159 Å². The minimum Gasteiger partial charge on any atom is -0.494 e. The Kier molecular flexibility index (Phi) is 8.70. The molecular weight excluding hydrogens is 318 g/mol. The molecule has 2 N–H and O–H groups in total. The van der Waals surface area contributed by atoms with Crippen molar-refractivity contribution in [1.82, 2.24) is 0 Å². The van der Waals surface area contributed by atoms with E-state index >= 15 is 0 Å². The van der Waals surface area contributed by atoms with Gasteiger partial charge in [-0.3, -0.25) is 0 Å². The van der Waals surface area contributed by atoms with Crippen LogP contribution in [0.4, 0.5) is 0 Å². The maximum absolute atomic E-state index is 6.52. The van der Waals surface area contributed by atoms with Crippen molar-refractivity contribution < 1.29 is 4.74 Å². The van der Waals surface area contributed by atoms with Gasteiger partial charge in [-0.1, -0.05) is 75.1 Å². The van der Waals surface area contributed by atoms with E-state index in [1.807, 2.05) is 6.07 Å². The van der Waals surface area contributed by atoms with Gasteiger partial charge < -0.3 is 10.5 Å². The molecular formula is C24H35NO. The first-order valence-corrected chi connectivity index (χ1v) is 10.1. The van der Waals surface area contributed by atoms with Crippen molar-refractivity contribution in [2.24, 2.45) is 5.73 Å². The Hall–Kier alpha value is -1.80. The molecule has 0 aromatic heterocycles. The fraction of sp³-hybridized carbons (Fsp3) is 0.500. The first-order chi connectivity index (χ1) is 12.6. The molecule has 2 aromatic carbocycles. The standard InChI is InChI=1S/C24H35NO/c1-3-4-5-6-10-19-26-23-15-13-21(14-16-23)17-18-24(2,25)20-22-11-8-7-9-12-22/h7-9,11-16H,3-6,10,17-20,25H2,1-2H3/t24-/m1/s1. The molecule has 1 atom stereocenters. The van der Waals surface area contributed by atoms with E-state index < -0.39 is 0 Å². The molecule has 2 rings (SSSR count). The van der Waals surface area contributed by atoms with Gasteiger partial charge in [0.05, 0.1) is 6.61 Å². The summed E-state index contributed by atoms with van der Waals surface area (Å²) >= 11 is 0. The van der Waals surface area contributed by atoms with Gasteiger partial charge in [-0.2, -0.15) is 0 Å². The van der Waals surface area contributed by atoms with Crippen LogP contribution >= 0.6 is 0 Å². The summed E-state index contributed by atoms with van der Waals surface area (Å²) in [4.78, 5) is 0. The quantitative estimate of drug-likeness (QED) is 0.480. The third-order valence-corrected chi connectivity index (χ3v) is 4.88. The first-order valence-electron chi connectivity index (χ1n) is 10.1. The molecule has 0 heterocycles. The van der Waals surface area contributed by atoms with Gasteiger partial charge in [0.15, 0.2) is 0 Å². The van der Waals surface area contributed by atoms with Gasteiger partial charge in [-0.25, -0.2) is 0 Å². The zero-order valence-corrected chi connectivity index (χ0v) is 16.5. The zero-order chi connectivity index (χ0) is 18.7. The van der Waals surface area contributed by atoms with Crippen LogP contribution in [0.5, 0.6) is 5.75 Å². The van der Waals surface area contributed by atoms with Gasteiger partial charge in [0.25, 0.3) is 0 Å². The largest absolute Gasteiger partial charge is 0.494 e. The van der Waals surface area contributed by atoms with Gasteiger partial charge in [0.1, 0.15) is 5.75 Å². The Balaban J connectivity index is 1.71. The van der Waals surface area contributed by atoms with Crippen LogP contribution in [0.15, 0.2) is 54.6 Å². The normalized spacial score (nSPS) is 13.3. The average Bonchev–Trinajstić information content (AvgIpc) is 2.64. The molecule has 2 nitrogen and oxygen atoms in total. The Morgan fingerprint density at radius 2 is 1.54 bits per heavy atom. The van der Waals surface area contributed by atoms with Gasteiger partial charge in [0, 0.05) is 5.54 Å². The van der Waals surface area contributed by atoms with Crippen molar-refractivity contribution in [2.75, 3.05) is 6.61 Å². The van der Waals surface area contributed by atoms with E-state index in [1.165, 1.54) is 36.8 Å². The van der Waals surface area contributed by atoms with Crippen molar-refractivity contribution in [3.8, 4) is 5.75 Å². The highest BCUT2D eigenvalue weighted by molar-refractivity contribution is 5.27. The minimum absolute atomic E-state index is 0.186. The van der Waals surface area contributed by atoms with Crippen LogP contribution in [0.1, 0.15) is 63.5 Å². The molecule has 0 aliphatic rings. The SMILES string of the molecule is CCCCCCCOc1ccc(CC[C@@](C)(N)Cc2ccccc2)cc1. The summed E-state index contributed by atoms with van der Waals surface area (Å²) in [5.74, 6) is 0.976. The van der Waals surface area contributed by atoms with Crippen LogP contribution in [-0.4, -0.2) is 12.1 Å². The van der Waals surface area contributed by atoms with E-state index in [0.717, 1.165) is 38.0 Å². The molecule has 0 saturated heterocycles. The van der Waals surface area contributed by atoms with Gasteiger partial charge >= 0.3 is 0 Å². The molecule has 0 spiro atoms. The second-order valence-corrected chi connectivity index (χ2v) is 7.72. The minimum atomic E-state index is -0.186. The van der Waals surface area contributed by atoms with Crippen LogP contribution < -0.4 is 10.5 Å². The summed E-state index contributed by atoms with van der Waals surface area (Å²) in [6.45, 7) is 5.21. The fourth-order valence-electron chi connectivity index (χ4n) is 3.23. The number of benzene rings is 2. The molecule has 0 aliphatic heterocycles. The highest BCUT2D eigenvalue weighted by atomic mass is 16.5. The number of rotatable bonds is 12. The second kappa shape index (κ2) is 11.0. The molecule has 0 saturated carbocycles. The van der Waals surface area contributed by atoms with Crippen molar-refractivity contribution in [1.29, 1.82) is 0 Å². The highest BCUT2D eigenvalue weighted by Gasteiger charge is 2.18. The van der Waals surface area contributed by atoms with Crippen molar-refractivity contribution >= 4 is 0 Å². The second-order valence-electron chi connectivity index (χ2n) is 7.72. The Morgan fingerprint density at radius 1 is 0.846 bits per heavy atom. The third kappa shape index (κ3) is 8.05. The lowest BCUT2D eigenvalue weighted by Crippen LogP contribution is -2.39. The van der Waals surface area contributed by atoms with Gasteiger partial charge in [-0.05, 0) is 55.9 Å². The summed E-state index contributed by atoms with van der Waals surface area (Å²) < 4.78 is 5.84. The monoisotopic (exact) mass is 353 g/mol. The van der Waals surface area contributed by atoms with Crippen LogP contribution in [0.3, 0.4) is 0 Å². The summed E-state index contributed by atoms with van der Waals surface area (Å²) in [6, 6.07) is 19.0. The van der Waals surface area contributed by atoms with E-state index in [4.69, 9.17) is 10.5 Å². The molecule has 0 amide bonds. The summed E-state index contributed by atoms with van der Waals surface area (Å²) in [5, 5.41) is 0. The lowest BCUT2D eigenvalue weighted by atomic mass is 9.88. The number of hydrogen-bond donors (Lipinski definition) is 1. The highest BCUT2D eigenvalue weighted by Crippen LogP contribution is 2.19. The van der Waals surface area contributed by atoms with E-state index in [1.54, 1.807) is 0 Å². The predicted octanol–water partition coefficient (Wildman–Crippen LogP) is 5.93. The molecule has 0 aliphatic carbocycles. The van der Waals surface area contributed by atoms with Gasteiger partial charge in [-0.15, -0.1) is 0 Å². The number of aryl methyl sites for hydroxylation is 1.